The predicted molar refractivity (Wildman–Crippen MR) is 138 cm³/mol. The summed E-state index contributed by atoms with van der Waals surface area (Å²) in [4.78, 5) is 72.4. The molecule has 3 fully saturated rings. The fourth-order valence-corrected chi connectivity index (χ4v) is 4.98. The van der Waals surface area contributed by atoms with Crippen LogP contribution in [0.1, 0.15) is 55.4 Å². The number of hydrogen-bond donors (Lipinski definition) is 0. The molecule has 0 aromatic carbocycles. The van der Waals surface area contributed by atoms with Gasteiger partial charge >= 0.3 is 35.8 Å². The van der Waals surface area contributed by atoms with Gasteiger partial charge in [0.15, 0.2) is 30.4 Å². The van der Waals surface area contributed by atoms with Crippen molar-refractivity contribution >= 4 is 35.8 Å². The summed E-state index contributed by atoms with van der Waals surface area (Å²) in [6.07, 6.45) is -13.8. The second-order valence-corrected chi connectivity index (χ2v) is 10.7. The summed E-state index contributed by atoms with van der Waals surface area (Å²) in [7, 11) is 0. The Kier molecular flexibility index (Phi) is 11.6. The summed E-state index contributed by atoms with van der Waals surface area (Å²) in [5.74, 6) is -5.90. The molecule has 0 aliphatic carbocycles. The molecule has 3 saturated heterocycles. The molecule has 3 aliphatic rings. The largest absolute Gasteiger partial charge is 0.463 e. The van der Waals surface area contributed by atoms with Gasteiger partial charge in [0.1, 0.15) is 31.0 Å². The molecular formula is C27H38O17. The van der Waals surface area contributed by atoms with E-state index in [1.54, 1.807) is 13.8 Å². The molecule has 0 radical (unpaired) electrons. The number of carbonyl (C=O) groups is 6. The Morgan fingerprint density at radius 3 is 1.64 bits per heavy atom. The van der Waals surface area contributed by atoms with Gasteiger partial charge in [0.05, 0.1) is 6.61 Å². The van der Waals surface area contributed by atoms with Crippen molar-refractivity contribution in [2.24, 2.45) is 0 Å². The number of esters is 6. The topological polar surface area (TPSA) is 204 Å². The fourth-order valence-electron chi connectivity index (χ4n) is 4.98. The summed E-state index contributed by atoms with van der Waals surface area (Å²) in [6, 6.07) is 0. The van der Waals surface area contributed by atoms with Crippen molar-refractivity contribution in [2.45, 2.75) is 123 Å². The van der Waals surface area contributed by atoms with Crippen LogP contribution >= 0.6 is 0 Å². The maximum absolute atomic E-state index is 12.3. The Bertz CT molecular complexity index is 1100. The lowest BCUT2D eigenvalue weighted by atomic mass is 9.95. The molecule has 17 heteroatoms. The van der Waals surface area contributed by atoms with Crippen LogP contribution in [0.5, 0.6) is 0 Å². The lowest BCUT2D eigenvalue weighted by Crippen LogP contribution is -2.69. The molecule has 0 spiro atoms. The molecule has 0 N–H and O–H groups in total. The Morgan fingerprint density at radius 2 is 1.11 bits per heavy atom. The van der Waals surface area contributed by atoms with E-state index in [-0.39, 0.29) is 6.61 Å². The number of carbonyl (C=O) groups excluding carboxylic acids is 6. The predicted octanol–water partition coefficient (Wildman–Crippen LogP) is -0.174. The van der Waals surface area contributed by atoms with E-state index >= 15 is 0 Å². The molecule has 3 rings (SSSR count). The Labute approximate surface area is 252 Å². The van der Waals surface area contributed by atoms with Crippen molar-refractivity contribution in [3.63, 3.8) is 0 Å². The van der Waals surface area contributed by atoms with Gasteiger partial charge in [-0.05, 0) is 13.8 Å². The van der Waals surface area contributed by atoms with Gasteiger partial charge < -0.3 is 52.1 Å². The van der Waals surface area contributed by atoms with E-state index in [1.807, 2.05) is 0 Å². The molecule has 0 bridgehead atoms. The molecule has 0 aromatic heterocycles. The minimum Gasteiger partial charge on any atom is -0.463 e. The lowest BCUT2D eigenvalue weighted by molar-refractivity contribution is -0.398. The summed E-state index contributed by atoms with van der Waals surface area (Å²) >= 11 is 0. The van der Waals surface area contributed by atoms with E-state index in [1.165, 1.54) is 0 Å². The Balaban J connectivity index is 2.08. The van der Waals surface area contributed by atoms with Crippen LogP contribution in [0.4, 0.5) is 0 Å². The summed E-state index contributed by atoms with van der Waals surface area (Å²) in [5.41, 5.74) is 0. The number of ether oxygens (including phenoxy) is 11. The summed E-state index contributed by atoms with van der Waals surface area (Å²) < 4.78 is 62.1. The molecule has 248 valence electrons. The zero-order chi connectivity index (χ0) is 32.9. The fraction of sp³-hybridized carbons (Fsp3) is 0.778. The van der Waals surface area contributed by atoms with Crippen LogP contribution in [0.2, 0.25) is 0 Å². The van der Waals surface area contributed by atoms with Crippen molar-refractivity contribution in [3.05, 3.63) is 0 Å². The van der Waals surface area contributed by atoms with Crippen LogP contribution in [0.3, 0.4) is 0 Å². The normalized spacial score (nSPS) is 34.4. The number of rotatable bonds is 9. The second kappa shape index (κ2) is 14.6. The molecule has 3 heterocycles. The molecule has 17 nitrogen and oxygen atoms in total. The minimum atomic E-state index is -1.63. The zero-order valence-electron chi connectivity index (χ0n) is 25.6. The van der Waals surface area contributed by atoms with E-state index in [4.69, 9.17) is 52.1 Å². The van der Waals surface area contributed by atoms with Crippen molar-refractivity contribution in [2.75, 3.05) is 13.2 Å². The highest BCUT2D eigenvalue weighted by Gasteiger charge is 2.59. The third-order valence-corrected chi connectivity index (χ3v) is 6.43. The van der Waals surface area contributed by atoms with Crippen molar-refractivity contribution in [1.82, 2.24) is 0 Å². The van der Waals surface area contributed by atoms with Gasteiger partial charge in [-0.25, -0.2) is 0 Å². The first-order chi connectivity index (χ1) is 20.5. The highest BCUT2D eigenvalue weighted by atomic mass is 16.8. The van der Waals surface area contributed by atoms with Gasteiger partial charge in [0.25, 0.3) is 0 Å². The van der Waals surface area contributed by atoms with Crippen LogP contribution < -0.4 is 0 Å². The van der Waals surface area contributed by atoms with E-state index in [9.17, 15) is 28.8 Å². The molecule has 0 saturated carbocycles. The first kappa shape index (κ1) is 35.1. The van der Waals surface area contributed by atoms with Gasteiger partial charge in [-0.2, -0.15) is 0 Å². The van der Waals surface area contributed by atoms with E-state index in [0.717, 1.165) is 41.5 Å². The molecular weight excluding hydrogens is 596 g/mol. The first-order valence-corrected chi connectivity index (χ1v) is 13.7. The van der Waals surface area contributed by atoms with Crippen LogP contribution in [0.15, 0.2) is 0 Å². The van der Waals surface area contributed by atoms with Gasteiger partial charge in [0, 0.05) is 41.5 Å². The first-order valence-electron chi connectivity index (χ1n) is 13.7. The van der Waals surface area contributed by atoms with Crippen LogP contribution in [-0.4, -0.2) is 116 Å². The Hall–Kier alpha value is -3.38. The standard InChI is InChI=1S/C27H38O17/c1-11(28)34-9-17-19(21(36-12(2)29)23(38-14(4)31)25(41-17)40-16(6)33)43-26-24(39-15(5)32)22(37-13(3)30)20-18(42-26)10-35-27(7,8)44-20/h17-26H,9-10H2,1-8H3/t17-,18-,19+,20+,21+,22+,23-,24-,25-,26+/m1/s1. The second-order valence-electron chi connectivity index (χ2n) is 10.7. The quantitative estimate of drug-likeness (QED) is 0.238. The third kappa shape index (κ3) is 9.31. The van der Waals surface area contributed by atoms with Gasteiger partial charge in [-0.3, -0.25) is 28.8 Å². The maximum Gasteiger partial charge on any atom is 0.305 e. The van der Waals surface area contributed by atoms with Crippen LogP contribution in [0, 0.1) is 0 Å². The molecule has 44 heavy (non-hydrogen) atoms. The smallest absolute Gasteiger partial charge is 0.305 e. The summed E-state index contributed by atoms with van der Waals surface area (Å²) in [6.45, 7) is 9.27. The number of hydrogen-bond acceptors (Lipinski definition) is 17. The lowest BCUT2D eigenvalue weighted by Gasteiger charge is -2.51. The minimum absolute atomic E-state index is 0.0574. The van der Waals surface area contributed by atoms with Crippen LogP contribution in [-0.2, 0) is 80.9 Å². The summed E-state index contributed by atoms with van der Waals surface area (Å²) in [5, 5.41) is 0. The monoisotopic (exact) mass is 634 g/mol. The van der Waals surface area contributed by atoms with Crippen molar-refractivity contribution < 1.29 is 80.9 Å². The molecule has 3 aliphatic heterocycles. The molecule has 0 unspecified atom stereocenters. The average molecular weight is 635 g/mol. The van der Waals surface area contributed by atoms with E-state index < -0.39 is 110 Å². The van der Waals surface area contributed by atoms with Gasteiger partial charge in [-0.1, -0.05) is 0 Å². The van der Waals surface area contributed by atoms with Gasteiger partial charge in [0.2, 0.25) is 12.4 Å². The highest BCUT2D eigenvalue weighted by molar-refractivity contribution is 5.69. The SMILES string of the molecule is CC(=O)OC[C@H]1O[C@@H](OC(C)=O)[C@H](OC(C)=O)[C@@H](OC(C)=O)[C@H]1O[C@@H]1O[C@@H]2COC(C)(C)O[C@@H]2[C@H](OC(C)=O)[C@H]1OC(C)=O. The zero-order valence-corrected chi connectivity index (χ0v) is 25.6. The maximum atomic E-state index is 12.3. The van der Waals surface area contributed by atoms with Crippen molar-refractivity contribution in [3.8, 4) is 0 Å². The van der Waals surface area contributed by atoms with Crippen LogP contribution in [0.25, 0.3) is 0 Å². The number of fused-ring (bicyclic) bond motifs is 1. The highest BCUT2D eigenvalue weighted by Crippen LogP contribution is 2.38. The third-order valence-electron chi connectivity index (χ3n) is 6.43. The molecule has 0 amide bonds. The Morgan fingerprint density at radius 1 is 0.614 bits per heavy atom. The van der Waals surface area contributed by atoms with E-state index in [2.05, 4.69) is 0 Å². The van der Waals surface area contributed by atoms with E-state index in [0.29, 0.717) is 0 Å². The molecule has 0 aromatic rings. The average Bonchev–Trinajstić information content (AvgIpc) is 2.87. The molecule has 10 atom stereocenters. The van der Waals surface area contributed by atoms with Crippen molar-refractivity contribution in [1.29, 1.82) is 0 Å². The van der Waals surface area contributed by atoms with Gasteiger partial charge in [-0.15, -0.1) is 0 Å².